The van der Waals surface area contributed by atoms with Crippen molar-refractivity contribution in [3.8, 4) is 11.5 Å². The molecule has 4 aromatic rings. The topological polar surface area (TPSA) is 96.0 Å². The predicted octanol–water partition coefficient (Wildman–Crippen LogP) is 5.07. The SMILES string of the molecule is CC(C)Oc1c(Cl)ncc2ccncc12.CC(C)Oc1c(N)ncc2ccncc12. The van der Waals surface area contributed by atoms with Crippen LogP contribution < -0.4 is 15.2 Å². The van der Waals surface area contributed by atoms with Gasteiger partial charge in [-0.05, 0) is 39.8 Å². The third-order valence-electron chi connectivity index (χ3n) is 3.99. The Bertz CT molecular complexity index is 1060. The summed E-state index contributed by atoms with van der Waals surface area (Å²) in [6.07, 6.45) is 10.5. The van der Waals surface area contributed by atoms with Crippen LogP contribution in [0.1, 0.15) is 27.7 Å². The quantitative estimate of drug-likeness (QED) is 0.456. The lowest BCUT2D eigenvalue weighted by Crippen LogP contribution is -2.08. The second-order valence-corrected chi connectivity index (χ2v) is 7.47. The van der Waals surface area contributed by atoms with Gasteiger partial charge in [-0.1, -0.05) is 11.6 Å². The van der Waals surface area contributed by atoms with Gasteiger partial charge < -0.3 is 15.2 Å². The molecular weight excluding hydrogens is 402 g/mol. The molecule has 30 heavy (non-hydrogen) atoms. The summed E-state index contributed by atoms with van der Waals surface area (Å²) in [4.78, 5) is 16.3. The fourth-order valence-corrected chi connectivity index (χ4v) is 2.95. The molecule has 0 aromatic carbocycles. The standard InChI is InChI=1S/C11H11ClN2O.C11H13N3O/c2*1-7(2)15-10-9-6-13-4-3-8(9)5-14-11(10)12/h3-7H,1-2H3;3-7H,1-2H3,(H2,12,14). The molecule has 4 heterocycles. The Hall–Kier alpha value is -3.19. The van der Waals surface area contributed by atoms with Gasteiger partial charge >= 0.3 is 0 Å². The van der Waals surface area contributed by atoms with Crippen LogP contribution in [-0.4, -0.2) is 32.1 Å². The van der Waals surface area contributed by atoms with Gasteiger partial charge in [0.25, 0.3) is 0 Å². The molecule has 2 N–H and O–H groups in total. The Morgan fingerprint density at radius 3 is 1.83 bits per heavy atom. The van der Waals surface area contributed by atoms with Crippen LogP contribution in [0.25, 0.3) is 21.5 Å². The molecule has 0 aliphatic heterocycles. The highest BCUT2D eigenvalue weighted by Gasteiger charge is 2.11. The Morgan fingerprint density at radius 2 is 1.27 bits per heavy atom. The third kappa shape index (κ3) is 5.04. The monoisotopic (exact) mass is 425 g/mol. The highest BCUT2D eigenvalue weighted by atomic mass is 35.5. The largest absolute Gasteiger partial charge is 0.487 e. The van der Waals surface area contributed by atoms with E-state index >= 15 is 0 Å². The van der Waals surface area contributed by atoms with E-state index in [4.69, 9.17) is 26.8 Å². The lowest BCUT2D eigenvalue weighted by atomic mass is 10.2. The second kappa shape index (κ2) is 9.54. The van der Waals surface area contributed by atoms with Crippen molar-refractivity contribution in [1.29, 1.82) is 0 Å². The smallest absolute Gasteiger partial charge is 0.171 e. The van der Waals surface area contributed by atoms with Gasteiger partial charge in [0.15, 0.2) is 22.5 Å². The summed E-state index contributed by atoms with van der Waals surface area (Å²) >= 11 is 5.98. The number of nitrogen functional groups attached to an aromatic ring is 1. The normalized spacial score (nSPS) is 10.9. The highest BCUT2D eigenvalue weighted by molar-refractivity contribution is 6.31. The molecule has 0 saturated carbocycles. The van der Waals surface area contributed by atoms with Gasteiger partial charge in [-0.25, -0.2) is 9.97 Å². The van der Waals surface area contributed by atoms with E-state index in [1.807, 2.05) is 39.8 Å². The lowest BCUT2D eigenvalue weighted by Gasteiger charge is -2.13. The summed E-state index contributed by atoms with van der Waals surface area (Å²) in [7, 11) is 0. The number of halogens is 1. The first kappa shape index (κ1) is 21.5. The van der Waals surface area contributed by atoms with Crippen LogP contribution in [0, 0.1) is 0 Å². The number of rotatable bonds is 4. The first-order valence-electron chi connectivity index (χ1n) is 9.56. The van der Waals surface area contributed by atoms with Crippen molar-refractivity contribution in [2.45, 2.75) is 39.9 Å². The second-order valence-electron chi connectivity index (χ2n) is 7.11. The fraction of sp³-hybridized carbons (Fsp3) is 0.273. The van der Waals surface area contributed by atoms with E-state index in [1.54, 1.807) is 37.2 Å². The van der Waals surface area contributed by atoms with Crippen molar-refractivity contribution >= 4 is 39.0 Å². The van der Waals surface area contributed by atoms with E-state index in [1.165, 1.54) is 0 Å². The van der Waals surface area contributed by atoms with Gasteiger partial charge in [-0.15, -0.1) is 0 Å². The number of ether oxygens (including phenoxy) is 2. The van der Waals surface area contributed by atoms with Crippen molar-refractivity contribution in [3.63, 3.8) is 0 Å². The minimum absolute atomic E-state index is 0.0649. The average Bonchev–Trinajstić information content (AvgIpc) is 2.72. The van der Waals surface area contributed by atoms with Crippen molar-refractivity contribution in [2.75, 3.05) is 5.73 Å². The van der Waals surface area contributed by atoms with E-state index in [9.17, 15) is 0 Å². The molecule has 0 saturated heterocycles. The predicted molar refractivity (Wildman–Crippen MR) is 120 cm³/mol. The summed E-state index contributed by atoms with van der Waals surface area (Å²) in [5.74, 6) is 1.64. The molecule has 0 radical (unpaired) electrons. The number of hydrogen-bond acceptors (Lipinski definition) is 7. The molecule has 0 bridgehead atoms. The summed E-state index contributed by atoms with van der Waals surface area (Å²) in [6.45, 7) is 7.81. The van der Waals surface area contributed by atoms with Gasteiger partial charge in [-0.2, -0.15) is 0 Å². The van der Waals surface area contributed by atoms with Crippen LogP contribution >= 0.6 is 11.6 Å². The molecule has 0 unspecified atom stereocenters. The molecule has 0 spiro atoms. The molecule has 0 fully saturated rings. The maximum Gasteiger partial charge on any atom is 0.171 e. The van der Waals surface area contributed by atoms with Crippen LogP contribution in [0.4, 0.5) is 5.82 Å². The number of hydrogen-bond donors (Lipinski definition) is 1. The maximum absolute atomic E-state index is 5.98. The van der Waals surface area contributed by atoms with E-state index in [-0.39, 0.29) is 12.2 Å². The summed E-state index contributed by atoms with van der Waals surface area (Å²) in [5, 5.41) is 4.13. The number of anilines is 1. The van der Waals surface area contributed by atoms with Crippen LogP contribution in [0.3, 0.4) is 0 Å². The number of nitrogens with zero attached hydrogens (tertiary/aromatic N) is 4. The number of pyridine rings is 4. The van der Waals surface area contributed by atoms with E-state index in [2.05, 4.69) is 19.9 Å². The van der Waals surface area contributed by atoms with Gasteiger partial charge in [0.2, 0.25) is 0 Å². The molecule has 7 nitrogen and oxygen atoms in total. The minimum Gasteiger partial charge on any atom is -0.487 e. The highest BCUT2D eigenvalue weighted by Crippen LogP contribution is 2.31. The van der Waals surface area contributed by atoms with Crippen LogP contribution in [0.5, 0.6) is 11.5 Å². The van der Waals surface area contributed by atoms with Gasteiger partial charge in [0.1, 0.15) is 0 Å². The Balaban J connectivity index is 0.000000171. The number of fused-ring (bicyclic) bond motifs is 2. The number of aromatic nitrogens is 4. The zero-order chi connectivity index (χ0) is 21.7. The van der Waals surface area contributed by atoms with Crippen LogP contribution in [0.15, 0.2) is 49.3 Å². The first-order valence-corrected chi connectivity index (χ1v) is 9.94. The molecule has 4 rings (SSSR count). The Kier molecular flexibility index (Phi) is 6.84. The molecule has 8 heteroatoms. The first-order chi connectivity index (χ1) is 14.4. The lowest BCUT2D eigenvalue weighted by molar-refractivity contribution is 0.245. The fourth-order valence-electron chi connectivity index (χ4n) is 2.75. The van der Waals surface area contributed by atoms with E-state index in [0.29, 0.717) is 22.5 Å². The molecule has 0 atom stereocenters. The molecule has 0 aliphatic carbocycles. The number of nitrogens with two attached hydrogens (primary N) is 1. The van der Waals surface area contributed by atoms with Crippen LogP contribution in [-0.2, 0) is 0 Å². The minimum atomic E-state index is 0.0649. The Morgan fingerprint density at radius 1 is 0.767 bits per heavy atom. The van der Waals surface area contributed by atoms with E-state index < -0.39 is 0 Å². The summed E-state index contributed by atoms with van der Waals surface area (Å²) in [5.41, 5.74) is 5.77. The van der Waals surface area contributed by atoms with Crippen molar-refractivity contribution in [1.82, 2.24) is 19.9 Å². The summed E-state index contributed by atoms with van der Waals surface area (Å²) < 4.78 is 11.3. The Labute approximate surface area is 180 Å². The third-order valence-corrected chi connectivity index (χ3v) is 4.25. The zero-order valence-electron chi connectivity index (χ0n) is 17.3. The van der Waals surface area contributed by atoms with Crippen molar-refractivity contribution in [3.05, 3.63) is 54.5 Å². The maximum atomic E-state index is 5.98. The average molecular weight is 426 g/mol. The molecular formula is C22H24ClN5O2. The summed E-state index contributed by atoms with van der Waals surface area (Å²) in [6, 6.07) is 3.76. The molecule has 0 amide bonds. The van der Waals surface area contributed by atoms with Gasteiger partial charge in [0.05, 0.1) is 12.2 Å². The van der Waals surface area contributed by atoms with Gasteiger partial charge in [-0.3, -0.25) is 9.97 Å². The van der Waals surface area contributed by atoms with Crippen LogP contribution in [0.2, 0.25) is 5.15 Å². The van der Waals surface area contributed by atoms with E-state index in [0.717, 1.165) is 21.5 Å². The molecule has 4 aromatic heterocycles. The zero-order valence-corrected chi connectivity index (χ0v) is 18.1. The van der Waals surface area contributed by atoms with Gasteiger partial charge in [0, 0.05) is 58.7 Å². The molecule has 156 valence electrons. The van der Waals surface area contributed by atoms with Crippen molar-refractivity contribution < 1.29 is 9.47 Å². The molecule has 0 aliphatic rings. The van der Waals surface area contributed by atoms with Crippen molar-refractivity contribution in [2.24, 2.45) is 0 Å².